The Morgan fingerprint density at radius 2 is 2.00 bits per heavy atom. The molecule has 1 aliphatic heterocycles. The van der Waals surface area contributed by atoms with Crippen molar-refractivity contribution in [2.24, 2.45) is 5.10 Å². The van der Waals surface area contributed by atoms with Crippen molar-refractivity contribution in [2.75, 3.05) is 0 Å². The number of aryl methyl sites for hydroxylation is 2. The molecule has 4 rings (SSSR count). The van der Waals surface area contributed by atoms with Gasteiger partial charge in [0.15, 0.2) is 0 Å². The van der Waals surface area contributed by atoms with Crippen LogP contribution in [0, 0.1) is 26.6 Å². The summed E-state index contributed by atoms with van der Waals surface area (Å²) in [4.78, 5) is 11.9. The number of hydrogen-bond acceptors (Lipinski definition) is 5. The zero-order valence-electron chi connectivity index (χ0n) is 15.3. The van der Waals surface area contributed by atoms with Crippen molar-refractivity contribution >= 4 is 16.7 Å². The molecule has 0 radical (unpaired) electrons. The summed E-state index contributed by atoms with van der Waals surface area (Å²) in [6.07, 6.45) is 0.512. The zero-order chi connectivity index (χ0) is 19.3. The average molecular weight is 366 g/mol. The molecule has 0 bridgehead atoms. The second-order valence-corrected chi connectivity index (χ2v) is 6.93. The molecule has 3 aromatic rings. The van der Waals surface area contributed by atoms with E-state index < -0.39 is 5.63 Å². The maximum atomic E-state index is 13.5. The second-order valence-electron chi connectivity index (χ2n) is 6.93. The van der Waals surface area contributed by atoms with Crippen molar-refractivity contribution in [1.29, 1.82) is 0 Å². The van der Waals surface area contributed by atoms with Crippen LogP contribution in [0.25, 0.3) is 11.0 Å². The van der Waals surface area contributed by atoms with E-state index in [2.05, 4.69) is 10.5 Å². The fourth-order valence-corrected chi connectivity index (χ4v) is 3.61. The molecule has 2 heterocycles. The lowest BCUT2D eigenvalue weighted by molar-refractivity contribution is 0.476. The Hall–Kier alpha value is -3.15. The van der Waals surface area contributed by atoms with Gasteiger partial charge in [-0.15, -0.1) is 0 Å². The first-order valence-corrected chi connectivity index (χ1v) is 8.71. The molecule has 5 nitrogen and oxygen atoms in total. The number of aromatic hydroxyl groups is 1. The largest absolute Gasteiger partial charge is 0.506 e. The van der Waals surface area contributed by atoms with E-state index >= 15 is 0 Å². The van der Waals surface area contributed by atoms with E-state index in [1.807, 2.05) is 13.0 Å². The molecule has 1 atom stereocenters. The van der Waals surface area contributed by atoms with E-state index in [-0.39, 0.29) is 17.6 Å². The number of nitrogens with one attached hydrogen (secondary N) is 1. The predicted octanol–water partition coefficient (Wildman–Crippen LogP) is 4.00. The maximum absolute atomic E-state index is 13.5. The van der Waals surface area contributed by atoms with Crippen LogP contribution in [0.15, 0.2) is 44.6 Å². The number of rotatable bonds is 2. The van der Waals surface area contributed by atoms with Crippen LogP contribution in [0.4, 0.5) is 4.39 Å². The van der Waals surface area contributed by atoms with Gasteiger partial charge in [0.2, 0.25) is 0 Å². The Labute approximate surface area is 155 Å². The van der Waals surface area contributed by atoms with Gasteiger partial charge in [0, 0.05) is 17.5 Å². The van der Waals surface area contributed by atoms with Gasteiger partial charge >= 0.3 is 5.63 Å². The van der Waals surface area contributed by atoms with E-state index in [4.69, 9.17) is 4.42 Å². The van der Waals surface area contributed by atoms with Crippen molar-refractivity contribution in [3.05, 3.63) is 74.4 Å². The van der Waals surface area contributed by atoms with Crippen molar-refractivity contribution in [2.45, 2.75) is 33.2 Å². The molecule has 0 saturated heterocycles. The molecule has 2 N–H and O–H groups in total. The minimum absolute atomic E-state index is 0.0507. The molecule has 27 heavy (non-hydrogen) atoms. The standard InChI is InChI=1S/C21H19FN2O3/c1-10-7-17-19(11(2)12(3)21(26)27-17)20(25)18(10)16-9-15(23-24-16)13-5-4-6-14(22)8-13/h4-8,15,23,25H,9H2,1-3H3/t15-/m1/s1. The monoisotopic (exact) mass is 366 g/mol. The van der Waals surface area contributed by atoms with Crippen LogP contribution in [0.2, 0.25) is 0 Å². The van der Waals surface area contributed by atoms with Crippen molar-refractivity contribution in [3.8, 4) is 5.75 Å². The van der Waals surface area contributed by atoms with Crippen molar-refractivity contribution in [1.82, 2.24) is 5.43 Å². The van der Waals surface area contributed by atoms with E-state index in [1.165, 1.54) is 12.1 Å². The summed E-state index contributed by atoms with van der Waals surface area (Å²) in [5.41, 5.74) is 6.98. The first kappa shape index (κ1) is 17.3. The third-order valence-corrected chi connectivity index (χ3v) is 5.20. The first-order chi connectivity index (χ1) is 12.9. The summed E-state index contributed by atoms with van der Waals surface area (Å²) in [7, 11) is 0. The van der Waals surface area contributed by atoms with Gasteiger partial charge in [-0.1, -0.05) is 12.1 Å². The third kappa shape index (κ3) is 2.77. The van der Waals surface area contributed by atoms with Crippen molar-refractivity contribution in [3.63, 3.8) is 0 Å². The van der Waals surface area contributed by atoms with Gasteiger partial charge in [0.1, 0.15) is 17.1 Å². The lowest BCUT2D eigenvalue weighted by Crippen LogP contribution is -2.10. The molecular formula is C21H19FN2O3. The molecule has 138 valence electrons. The smallest absolute Gasteiger partial charge is 0.339 e. The van der Waals surface area contributed by atoms with Gasteiger partial charge in [-0.2, -0.15) is 5.10 Å². The highest BCUT2D eigenvalue weighted by atomic mass is 19.1. The predicted molar refractivity (Wildman–Crippen MR) is 102 cm³/mol. The highest BCUT2D eigenvalue weighted by Crippen LogP contribution is 2.37. The number of nitrogens with zero attached hydrogens (tertiary/aromatic N) is 1. The molecule has 1 aliphatic rings. The Morgan fingerprint density at radius 1 is 1.22 bits per heavy atom. The van der Waals surface area contributed by atoms with Gasteiger partial charge in [0.05, 0.1) is 17.1 Å². The number of hydrazone groups is 1. The molecule has 0 fully saturated rings. The Bertz CT molecular complexity index is 1160. The van der Waals surface area contributed by atoms with Crippen LogP contribution in [0.1, 0.15) is 40.3 Å². The van der Waals surface area contributed by atoms with E-state index in [0.717, 1.165) is 11.1 Å². The highest BCUT2D eigenvalue weighted by molar-refractivity contribution is 6.09. The van der Waals surface area contributed by atoms with Crippen LogP contribution < -0.4 is 11.1 Å². The van der Waals surface area contributed by atoms with Crippen LogP contribution >= 0.6 is 0 Å². The summed E-state index contributed by atoms with van der Waals surface area (Å²) >= 11 is 0. The van der Waals surface area contributed by atoms with Crippen molar-refractivity contribution < 1.29 is 13.9 Å². The average Bonchev–Trinajstić information content (AvgIpc) is 3.09. The Balaban J connectivity index is 1.80. The van der Waals surface area contributed by atoms with Crippen LogP contribution in [0.3, 0.4) is 0 Å². The molecule has 0 aliphatic carbocycles. The van der Waals surface area contributed by atoms with Crippen LogP contribution in [0.5, 0.6) is 5.75 Å². The van der Waals surface area contributed by atoms with E-state index in [0.29, 0.717) is 39.8 Å². The Morgan fingerprint density at radius 3 is 2.74 bits per heavy atom. The second kappa shape index (κ2) is 6.23. The lowest BCUT2D eigenvalue weighted by Gasteiger charge is -2.14. The molecule has 1 aromatic heterocycles. The number of hydrogen-bond donors (Lipinski definition) is 2. The lowest BCUT2D eigenvalue weighted by atomic mass is 9.93. The molecule has 0 amide bonds. The summed E-state index contributed by atoms with van der Waals surface area (Å²) < 4.78 is 18.9. The van der Waals surface area contributed by atoms with Gasteiger partial charge in [0.25, 0.3) is 0 Å². The SMILES string of the molecule is Cc1cc2oc(=O)c(C)c(C)c2c(O)c1C1=NN[C@@H](c2cccc(F)c2)C1. The fourth-order valence-electron chi connectivity index (χ4n) is 3.61. The molecule has 2 aromatic carbocycles. The van der Waals surface area contributed by atoms with Crippen LogP contribution in [-0.4, -0.2) is 10.8 Å². The molecule has 0 saturated carbocycles. The van der Waals surface area contributed by atoms with Gasteiger partial charge < -0.3 is 14.9 Å². The topological polar surface area (TPSA) is 74.8 Å². The van der Waals surface area contributed by atoms with E-state index in [1.54, 1.807) is 26.0 Å². The van der Waals surface area contributed by atoms with Crippen LogP contribution in [-0.2, 0) is 0 Å². The minimum atomic E-state index is -0.405. The number of phenolic OH excluding ortho intramolecular Hbond substituents is 1. The first-order valence-electron chi connectivity index (χ1n) is 8.71. The summed E-state index contributed by atoms with van der Waals surface area (Å²) in [5.74, 6) is -0.247. The summed E-state index contributed by atoms with van der Waals surface area (Å²) in [5, 5.41) is 15.9. The van der Waals surface area contributed by atoms with E-state index in [9.17, 15) is 14.3 Å². The van der Waals surface area contributed by atoms with Gasteiger partial charge in [-0.05, 0) is 55.7 Å². The molecule has 0 spiro atoms. The Kier molecular flexibility index (Phi) is 3.98. The third-order valence-electron chi connectivity index (χ3n) is 5.20. The number of phenols is 1. The highest BCUT2D eigenvalue weighted by Gasteiger charge is 2.26. The number of benzene rings is 2. The van der Waals surface area contributed by atoms with Gasteiger partial charge in [-0.25, -0.2) is 9.18 Å². The quantitative estimate of drug-likeness (QED) is 0.672. The zero-order valence-corrected chi connectivity index (χ0v) is 15.3. The minimum Gasteiger partial charge on any atom is -0.506 e. The summed E-state index contributed by atoms with van der Waals surface area (Å²) in [6, 6.07) is 7.97. The summed E-state index contributed by atoms with van der Waals surface area (Å²) in [6.45, 7) is 5.30. The molecular weight excluding hydrogens is 347 g/mol. The van der Waals surface area contributed by atoms with Gasteiger partial charge in [-0.3, -0.25) is 0 Å². The molecule has 0 unspecified atom stereocenters. The molecule has 6 heteroatoms. The maximum Gasteiger partial charge on any atom is 0.339 e. The fraction of sp³-hybridized carbons (Fsp3) is 0.238. The number of halogens is 1. The normalized spacial score (nSPS) is 16.4. The number of fused-ring (bicyclic) bond motifs is 1.